The fourth-order valence-electron chi connectivity index (χ4n) is 3.65. The molecule has 0 radical (unpaired) electrons. The van der Waals surface area contributed by atoms with E-state index in [-0.39, 0.29) is 18.8 Å². The Morgan fingerprint density at radius 2 is 2.11 bits per heavy atom. The molecule has 27 heavy (non-hydrogen) atoms. The zero-order valence-corrected chi connectivity index (χ0v) is 16.0. The summed E-state index contributed by atoms with van der Waals surface area (Å²) in [5.74, 6) is 0.550. The third-order valence-electron chi connectivity index (χ3n) is 5.06. The van der Waals surface area contributed by atoms with Crippen LogP contribution in [0.25, 0.3) is 11.0 Å². The van der Waals surface area contributed by atoms with E-state index in [1.54, 1.807) is 10.7 Å². The Labute approximate surface area is 161 Å². The number of benzene rings is 1. The molecule has 0 aliphatic heterocycles. The number of hydrogen-bond acceptors (Lipinski definition) is 5. The van der Waals surface area contributed by atoms with Crippen molar-refractivity contribution < 1.29 is 14.3 Å². The van der Waals surface area contributed by atoms with Crippen LogP contribution in [0.3, 0.4) is 0 Å². The minimum atomic E-state index is -0.748. The van der Waals surface area contributed by atoms with Gasteiger partial charge in [0.1, 0.15) is 24.0 Å². The fraction of sp³-hybridized carbons (Fsp3) is 0.400. The highest BCUT2D eigenvalue weighted by Gasteiger charge is 2.20. The van der Waals surface area contributed by atoms with Crippen LogP contribution in [0.15, 0.2) is 27.4 Å². The van der Waals surface area contributed by atoms with E-state index >= 15 is 0 Å². The van der Waals surface area contributed by atoms with Gasteiger partial charge in [-0.2, -0.15) is 5.10 Å². The van der Waals surface area contributed by atoms with Gasteiger partial charge in [0.05, 0.1) is 23.0 Å². The molecule has 0 saturated heterocycles. The number of aryl methyl sites for hydroxylation is 2. The summed E-state index contributed by atoms with van der Waals surface area (Å²) in [4.78, 5) is 12.1. The van der Waals surface area contributed by atoms with Gasteiger partial charge in [0.15, 0.2) is 0 Å². The van der Waals surface area contributed by atoms with Gasteiger partial charge in [-0.15, -0.1) is 0 Å². The highest BCUT2D eigenvalue weighted by atomic mass is 35.5. The summed E-state index contributed by atoms with van der Waals surface area (Å²) in [5, 5.41) is 16.2. The van der Waals surface area contributed by atoms with Crippen molar-refractivity contribution in [1.82, 2.24) is 9.78 Å². The maximum absolute atomic E-state index is 12.1. The molecule has 7 heteroatoms. The van der Waals surface area contributed by atoms with Gasteiger partial charge in [0.25, 0.3) is 0 Å². The maximum Gasteiger partial charge on any atom is 0.339 e. The van der Waals surface area contributed by atoms with Crippen LogP contribution < -0.4 is 10.4 Å². The predicted molar refractivity (Wildman–Crippen MR) is 103 cm³/mol. The molecule has 3 aromatic rings. The zero-order chi connectivity index (χ0) is 19.1. The quantitative estimate of drug-likeness (QED) is 0.679. The lowest BCUT2D eigenvalue weighted by Gasteiger charge is -2.14. The normalized spacial score (nSPS) is 14.5. The van der Waals surface area contributed by atoms with Crippen molar-refractivity contribution in [1.29, 1.82) is 0 Å². The van der Waals surface area contributed by atoms with Gasteiger partial charge >= 0.3 is 5.63 Å². The fourth-order valence-corrected chi connectivity index (χ4v) is 3.79. The molecule has 1 N–H and O–H groups in total. The summed E-state index contributed by atoms with van der Waals surface area (Å²) in [5.41, 5.74) is 3.71. The summed E-state index contributed by atoms with van der Waals surface area (Å²) in [7, 11) is 0. The van der Waals surface area contributed by atoms with Crippen LogP contribution in [0.2, 0.25) is 5.02 Å². The van der Waals surface area contributed by atoms with Crippen molar-refractivity contribution in [2.24, 2.45) is 0 Å². The smallest absolute Gasteiger partial charge is 0.339 e. The lowest BCUT2D eigenvalue weighted by molar-refractivity contribution is 0.0887. The van der Waals surface area contributed by atoms with Crippen molar-refractivity contribution in [3.8, 4) is 5.75 Å². The Morgan fingerprint density at radius 1 is 1.33 bits per heavy atom. The van der Waals surface area contributed by atoms with Crippen molar-refractivity contribution in [2.75, 3.05) is 6.61 Å². The van der Waals surface area contributed by atoms with Crippen LogP contribution in [0.5, 0.6) is 5.75 Å². The Hall–Kier alpha value is -2.31. The number of fused-ring (bicyclic) bond motifs is 3. The number of ether oxygens (including phenoxy) is 1. The van der Waals surface area contributed by atoms with Crippen LogP contribution in [0.1, 0.15) is 28.9 Å². The molecule has 0 spiro atoms. The second-order valence-electron chi connectivity index (χ2n) is 6.99. The molecule has 1 aliphatic rings. The van der Waals surface area contributed by atoms with E-state index < -0.39 is 6.10 Å². The van der Waals surface area contributed by atoms with Crippen LogP contribution in [-0.4, -0.2) is 27.6 Å². The molecular weight excluding hydrogens is 368 g/mol. The number of hydrogen-bond donors (Lipinski definition) is 1. The first-order valence-electron chi connectivity index (χ1n) is 9.03. The van der Waals surface area contributed by atoms with Gasteiger partial charge in [-0.1, -0.05) is 11.6 Å². The predicted octanol–water partition coefficient (Wildman–Crippen LogP) is 3.19. The molecule has 1 aromatic carbocycles. The van der Waals surface area contributed by atoms with Crippen molar-refractivity contribution in [3.05, 3.63) is 56.2 Å². The zero-order valence-electron chi connectivity index (χ0n) is 15.3. The third kappa shape index (κ3) is 3.35. The van der Waals surface area contributed by atoms with E-state index in [9.17, 15) is 9.90 Å². The van der Waals surface area contributed by atoms with E-state index in [0.29, 0.717) is 16.4 Å². The average molecular weight is 389 g/mol. The van der Waals surface area contributed by atoms with Gasteiger partial charge in [0, 0.05) is 17.0 Å². The minimum Gasteiger partial charge on any atom is -0.491 e. The lowest BCUT2D eigenvalue weighted by Crippen LogP contribution is -2.24. The molecule has 2 heterocycles. The van der Waals surface area contributed by atoms with Gasteiger partial charge in [-0.05, 0) is 50.8 Å². The van der Waals surface area contributed by atoms with Crippen LogP contribution >= 0.6 is 11.6 Å². The standard InChI is InChI=1S/C20H21ClN2O4/c1-11-19(21)12(2)23(22-11)9-13(24)10-26-14-6-7-16-15-4-3-5-17(15)20(25)27-18(16)8-14/h6-8,13,24H,3-5,9-10H2,1-2H3/t13-/m1/s1. The minimum absolute atomic E-state index is 0.0939. The molecule has 4 rings (SSSR count). The summed E-state index contributed by atoms with van der Waals surface area (Å²) in [6, 6.07) is 5.47. The lowest BCUT2D eigenvalue weighted by atomic mass is 10.1. The summed E-state index contributed by atoms with van der Waals surface area (Å²) in [6.45, 7) is 4.07. The molecule has 0 amide bonds. The van der Waals surface area contributed by atoms with E-state index in [2.05, 4.69) is 5.10 Å². The highest BCUT2D eigenvalue weighted by Crippen LogP contribution is 2.29. The number of halogens is 1. The van der Waals surface area contributed by atoms with Gasteiger partial charge < -0.3 is 14.3 Å². The SMILES string of the molecule is Cc1nn(C[C@@H](O)COc2ccc3c4c(c(=O)oc3c2)CCC4)c(C)c1Cl. The van der Waals surface area contributed by atoms with Crippen LogP contribution in [-0.2, 0) is 19.4 Å². The molecular formula is C20H21ClN2O4. The Bertz CT molecular complexity index is 1070. The van der Waals surface area contributed by atoms with E-state index in [1.165, 1.54) is 0 Å². The maximum atomic E-state index is 12.1. The van der Waals surface area contributed by atoms with Gasteiger partial charge in [-0.25, -0.2) is 4.79 Å². The molecule has 0 fully saturated rings. The van der Waals surface area contributed by atoms with Gasteiger partial charge in [0.2, 0.25) is 0 Å². The molecule has 6 nitrogen and oxygen atoms in total. The first-order chi connectivity index (χ1) is 12.9. The Kier molecular flexibility index (Phi) is 4.70. The second kappa shape index (κ2) is 7.02. The molecule has 0 bridgehead atoms. The number of aromatic nitrogens is 2. The number of rotatable bonds is 5. The summed E-state index contributed by atoms with van der Waals surface area (Å²) < 4.78 is 12.8. The summed E-state index contributed by atoms with van der Waals surface area (Å²) in [6.07, 6.45) is 1.93. The van der Waals surface area contributed by atoms with E-state index in [0.717, 1.165) is 47.2 Å². The second-order valence-corrected chi connectivity index (χ2v) is 7.37. The Morgan fingerprint density at radius 3 is 2.85 bits per heavy atom. The topological polar surface area (TPSA) is 77.5 Å². The first-order valence-corrected chi connectivity index (χ1v) is 9.41. The highest BCUT2D eigenvalue weighted by molar-refractivity contribution is 6.31. The molecule has 0 unspecified atom stereocenters. The number of aliphatic hydroxyl groups is 1. The van der Waals surface area contributed by atoms with Gasteiger partial charge in [-0.3, -0.25) is 4.68 Å². The molecule has 1 atom stereocenters. The van der Waals surface area contributed by atoms with E-state index in [4.69, 9.17) is 20.8 Å². The van der Waals surface area contributed by atoms with Crippen molar-refractivity contribution in [2.45, 2.75) is 45.8 Å². The molecule has 1 aliphatic carbocycles. The monoisotopic (exact) mass is 388 g/mol. The Balaban J connectivity index is 1.48. The van der Waals surface area contributed by atoms with Crippen LogP contribution in [0, 0.1) is 13.8 Å². The van der Waals surface area contributed by atoms with E-state index in [1.807, 2.05) is 26.0 Å². The largest absolute Gasteiger partial charge is 0.491 e. The average Bonchev–Trinajstić information content (AvgIpc) is 3.22. The number of aliphatic hydroxyl groups excluding tert-OH is 1. The summed E-state index contributed by atoms with van der Waals surface area (Å²) >= 11 is 6.13. The van der Waals surface area contributed by atoms with Crippen molar-refractivity contribution in [3.63, 3.8) is 0 Å². The number of nitrogens with zero attached hydrogens (tertiary/aromatic N) is 2. The van der Waals surface area contributed by atoms with Crippen molar-refractivity contribution >= 4 is 22.6 Å². The molecule has 142 valence electrons. The van der Waals surface area contributed by atoms with Crippen LogP contribution in [0.4, 0.5) is 0 Å². The molecule has 2 aromatic heterocycles. The molecule has 0 saturated carbocycles. The first kappa shape index (κ1) is 18.1. The third-order valence-corrected chi connectivity index (χ3v) is 5.61.